The normalized spacial score (nSPS) is 9.86. The maximum Gasteiger partial charge on any atom is 0.287 e. The van der Waals surface area contributed by atoms with Crippen molar-refractivity contribution in [3.05, 3.63) is 63.9 Å². The van der Waals surface area contributed by atoms with Crippen LogP contribution in [0, 0.1) is 0 Å². The molecule has 114 valence electrons. The van der Waals surface area contributed by atoms with Crippen LogP contribution in [0.3, 0.4) is 0 Å². The van der Waals surface area contributed by atoms with E-state index in [0.717, 1.165) is 11.3 Å². The summed E-state index contributed by atoms with van der Waals surface area (Å²) in [5, 5.41) is 6.15. The number of nitrogens with zero attached hydrogens (tertiary/aromatic N) is 3. The Hall–Kier alpha value is -2.92. The van der Waals surface area contributed by atoms with Crippen LogP contribution in [0.25, 0.3) is 10.4 Å². The van der Waals surface area contributed by atoms with Gasteiger partial charge in [-0.2, -0.15) is 0 Å². The number of carbonyl (C=O) groups excluding carboxylic acids is 1. The van der Waals surface area contributed by atoms with Gasteiger partial charge in [0.2, 0.25) is 0 Å². The largest absolute Gasteiger partial charge is 0.497 e. The first kappa shape index (κ1) is 15.5. The van der Waals surface area contributed by atoms with Gasteiger partial charge in [-0.05, 0) is 41.8 Å². The summed E-state index contributed by atoms with van der Waals surface area (Å²) in [4.78, 5) is 14.5. The van der Waals surface area contributed by atoms with Crippen molar-refractivity contribution in [2.45, 2.75) is 13.0 Å². The van der Waals surface area contributed by atoms with E-state index in [0.29, 0.717) is 18.7 Å². The number of hydrogen-bond donors (Lipinski definition) is 1. The monoisotopic (exact) mass is 300 g/mol. The third kappa shape index (κ3) is 4.29. The van der Waals surface area contributed by atoms with Gasteiger partial charge in [0.1, 0.15) is 11.5 Å². The van der Waals surface area contributed by atoms with Crippen molar-refractivity contribution in [3.63, 3.8) is 0 Å². The molecule has 1 amide bonds. The van der Waals surface area contributed by atoms with Gasteiger partial charge < -0.3 is 14.5 Å². The van der Waals surface area contributed by atoms with Crippen LogP contribution in [0.1, 0.15) is 21.9 Å². The van der Waals surface area contributed by atoms with Gasteiger partial charge in [-0.25, -0.2) is 0 Å². The highest BCUT2D eigenvalue weighted by Crippen LogP contribution is 2.12. The predicted molar refractivity (Wildman–Crippen MR) is 80.6 cm³/mol. The molecule has 0 atom stereocenters. The molecule has 1 N–H and O–H groups in total. The van der Waals surface area contributed by atoms with Crippen LogP contribution in [-0.2, 0) is 13.0 Å². The molecule has 0 aliphatic rings. The summed E-state index contributed by atoms with van der Waals surface area (Å²) in [6, 6.07) is 10.8. The van der Waals surface area contributed by atoms with E-state index in [4.69, 9.17) is 14.7 Å². The minimum atomic E-state index is -0.291. The molecule has 0 aliphatic heterocycles. The molecule has 1 aromatic heterocycles. The number of methoxy groups -OCH3 is 1. The lowest BCUT2D eigenvalue weighted by atomic mass is 10.1. The highest BCUT2D eigenvalue weighted by Gasteiger charge is 2.10. The maximum atomic E-state index is 11.9. The summed E-state index contributed by atoms with van der Waals surface area (Å²) >= 11 is 0. The highest BCUT2D eigenvalue weighted by molar-refractivity contribution is 5.91. The Labute approximate surface area is 127 Å². The van der Waals surface area contributed by atoms with E-state index in [1.807, 2.05) is 24.3 Å². The molecular weight excluding hydrogens is 284 g/mol. The SMILES string of the molecule is COc1ccc(CCNC(=O)c2ccc(CN=[N+]=[N-])o2)cc1. The van der Waals surface area contributed by atoms with Crippen molar-refractivity contribution < 1.29 is 13.9 Å². The molecule has 2 rings (SSSR count). The zero-order valence-electron chi connectivity index (χ0n) is 12.2. The van der Waals surface area contributed by atoms with Crippen LogP contribution in [0.4, 0.5) is 0 Å². The lowest BCUT2D eigenvalue weighted by Crippen LogP contribution is -2.25. The Morgan fingerprint density at radius 3 is 2.77 bits per heavy atom. The standard InChI is InChI=1S/C15H16N4O3/c1-21-12-4-2-11(3-5-12)8-9-17-15(20)14-7-6-13(22-14)10-18-19-16/h2-7H,8-10H2,1H3,(H,17,20). The number of azide groups is 1. The Balaban J connectivity index is 1.81. The molecule has 22 heavy (non-hydrogen) atoms. The van der Waals surface area contributed by atoms with Crippen molar-refractivity contribution in [1.29, 1.82) is 0 Å². The quantitative estimate of drug-likeness (QED) is 0.483. The van der Waals surface area contributed by atoms with Crippen LogP contribution in [0.2, 0.25) is 0 Å². The molecule has 0 radical (unpaired) electrons. The smallest absolute Gasteiger partial charge is 0.287 e. The second-order valence-electron chi connectivity index (χ2n) is 4.51. The van der Waals surface area contributed by atoms with Gasteiger partial charge in [0, 0.05) is 11.5 Å². The van der Waals surface area contributed by atoms with Crippen molar-refractivity contribution in [3.8, 4) is 5.75 Å². The molecule has 7 heteroatoms. The van der Waals surface area contributed by atoms with E-state index in [9.17, 15) is 4.79 Å². The van der Waals surface area contributed by atoms with E-state index in [1.54, 1.807) is 19.2 Å². The first-order chi connectivity index (χ1) is 10.7. The minimum absolute atomic E-state index is 0.0929. The Kier molecular flexibility index (Phi) is 5.45. The lowest BCUT2D eigenvalue weighted by molar-refractivity contribution is 0.0924. The zero-order chi connectivity index (χ0) is 15.8. The van der Waals surface area contributed by atoms with Gasteiger partial charge >= 0.3 is 0 Å². The first-order valence-electron chi connectivity index (χ1n) is 6.73. The topological polar surface area (TPSA) is 100 Å². The molecule has 1 aromatic carbocycles. The van der Waals surface area contributed by atoms with Crippen molar-refractivity contribution >= 4 is 5.91 Å². The van der Waals surface area contributed by atoms with E-state index in [-0.39, 0.29) is 18.2 Å². The van der Waals surface area contributed by atoms with Crippen molar-refractivity contribution in [2.75, 3.05) is 13.7 Å². The molecule has 0 aliphatic carbocycles. The van der Waals surface area contributed by atoms with E-state index >= 15 is 0 Å². The van der Waals surface area contributed by atoms with Gasteiger partial charge in [-0.1, -0.05) is 17.2 Å². The summed E-state index contributed by atoms with van der Waals surface area (Å²) in [5.41, 5.74) is 9.33. The second kappa shape index (κ2) is 7.75. The average molecular weight is 300 g/mol. The van der Waals surface area contributed by atoms with Gasteiger partial charge in [-0.3, -0.25) is 4.79 Å². The summed E-state index contributed by atoms with van der Waals surface area (Å²) in [5.74, 6) is 1.17. The van der Waals surface area contributed by atoms with E-state index in [2.05, 4.69) is 15.3 Å². The third-order valence-electron chi connectivity index (χ3n) is 3.03. The summed E-state index contributed by atoms with van der Waals surface area (Å²) in [6.07, 6.45) is 0.710. The van der Waals surface area contributed by atoms with E-state index in [1.165, 1.54) is 0 Å². The molecule has 1 heterocycles. The molecule has 0 spiro atoms. The van der Waals surface area contributed by atoms with Gasteiger partial charge in [0.05, 0.1) is 13.7 Å². The molecular formula is C15H16N4O3. The number of nitrogens with one attached hydrogen (secondary N) is 1. The van der Waals surface area contributed by atoms with Crippen LogP contribution in [0.5, 0.6) is 5.75 Å². The predicted octanol–water partition coefficient (Wildman–Crippen LogP) is 3.07. The number of ether oxygens (including phenoxy) is 1. The van der Waals surface area contributed by atoms with Gasteiger partial charge in [-0.15, -0.1) is 0 Å². The molecule has 0 fully saturated rings. The number of carbonyl (C=O) groups is 1. The summed E-state index contributed by atoms with van der Waals surface area (Å²) in [6.45, 7) is 0.590. The first-order valence-corrected chi connectivity index (χ1v) is 6.73. The van der Waals surface area contributed by atoms with Crippen LogP contribution in [-0.4, -0.2) is 19.6 Å². The molecule has 0 saturated heterocycles. The van der Waals surface area contributed by atoms with Crippen molar-refractivity contribution in [2.24, 2.45) is 5.11 Å². The fraction of sp³-hybridized carbons (Fsp3) is 0.267. The Bertz CT molecular complexity index is 672. The van der Waals surface area contributed by atoms with Crippen LogP contribution >= 0.6 is 0 Å². The molecule has 0 unspecified atom stereocenters. The summed E-state index contributed by atoms with van der Waals surface area (Å²) in [7, 11) is 1.62. The fourth-order valence-corrected chi connectivity index (χ4v) is 1.89. The molecule has 0 bridgehead atoms. The van der Waals surface area contributed by atoms with Crippen LogP contribution < -0.4 is 10.1 Å². The zero-order valence-corrected chi connectivity index (χ0v) is 12.2. The van der Waals surface area contributed by atoms with Crippen LogP contribution in [0.15, 0.2) is 45.9 Å². The summed E-state index contributed by atoms with van der Waals surface area (Å²) < 4.78 is 10.4. The van der Waals surface area contributed by atoms with Gasteiger partial charge in [0.25, 0.3) is 5.91 Å². The second-order valence-corrected chi connectivity index (χ2v) is 4.51. The lowest BCUT2D eigenvalue weighted by Gasteiger charge is -2.05. The molecule has 2 aromatic rings. The minimum Gasteiger partial charge on any atom is -0.497 e. The number of amides is 1. The number of hydrogen-bond acceptors (Lipinski definition) is 4. The Morgan fingerprint density at radius 2 is 2.09 bits per heavy atom. The third-order valence-corrected chi connectivity index (χ3v) is 3.03. The average Bonchev–Trinajstić information content (AvgIpc) is 3.02. The maximum absolute atomic E-state index is 11.9. The number of furan rings is 1. The van der Waals surface area contributed by atoms with Crippen molar-refractivity contribution in [1.82, 2.24) is 5.32 Å². The highest BCUT2D eigenvalue weighted by atomic mass is 16.5. The van der Waals surface area contributed by atoms with E-state index < -0.39 is 0 Å². The van der Waals surface area contributed by atoms with Gasteiger partial charge in [0.15, 0.2) is 5.76 Å². The molecule has 0 saturated carbocycles. The Morgan fingerprint density at radius 1 is 1.32 bits per heavy atom. The number of benzene rings is 1. The number of rotatable bonds is 7. The molecule has 7 nitrogen and oxygen atoms in total. The fourth-order valence-electron chi connectivity index (χ4n) is 1.89.